The summed E-state index contributed by atoms with van der Waals surface area (Å²) in [6.45, 7) is 8.74. The van der Waals surface area contributed by atoms with Crippen molar-refractivity contribution in [1.82, 2.24) is 10.2 Å². The maximum absolute atomic E-state index is 12.0. The van der Waals surface area contributed by atoms with Crippen LogP contribution in [0.4, 0.5) is 0 Å². The van der Waals surface area contributed by atoms with Gasteiger partial charge in [-0.3, -0.25) is 4.79 Å². The zero-order valence-corrected chi connectivity index (χ0v) is 10.4. The normalized spacial score (nSPS) is 20.4. The molecule has 0 aromatic carbocycles. The summed E-state index contributed by atoms with van der Waals surface area (Å²) in [7, 11) is 0. The lowest BCUT2D eigenvalue weighted by molar-refractivity contribution is -0.133. The highest BCUT2D eigenvalue weighted by molar-refractivity contribution is 5.76. The van der Waals surface area contributed by atoms with Crippen molar-refractivity contribution >= 4 is 5.91 Å². The van der Waals surface area contributed by atoms with Gasteiger partial charge in [0.25, 0.3) is 0 Å². The molecule has 1 heterocycles. The third kappa shape index (κ3) is 3.97. The van der Waals surface area contributed by atoms with Crippen LogP contribution < -0.4 is 5.32 Å². The SMILES string of the molecule is C=CCCC(=O)N(CCC)C1CCCNC1. The molecule has 1 atom stereocenters. The van der Waals surface area contributed by atoms with Crippen LogP contribution in [0.1, 0.15) is 39.0 Å². The molecule has 0 bridgehead atoms. The number of carbonyl (C=O) groups excluding carboxylic acids is 1. The van der Waals surface area contributed by atoms with E-state index in [1.54, 1.807) is 0 Å². The first-order chi connectivity index (χ1) is 7.79. The van der Waals surface area contributed by atoms with Gasteiger partial charge in [-0.1, -0.05) is 13.0 Å². The zero-order chi connectivity index (χ0) is 11.8. The average molecular weight is 224 g/mol. The molecule has 0 spiro atoms. The predicted molar refractivity (Wildman–Crippen MR) is 67.3 cm³/mol. The van der Waals surface area contributed by atoms with Crippen molar-refractivity contribution in [2.75, 3.05) is 19.6 Å². The van der Waals surface area contributed by atoms with E-state index in [9.17, 15) is 4.79 Å². The first-order valence-corrected chi connectivity index (χ1v) is 6.40. The lowest BCUT2D eigenvalue weighted by atomic mass is 10.0. The summed E-state index contributed by atoms with van der Waals surface area (Å²) in [5.74, 6) is 0.287. The smallest absolute Gasteiger partial charge is 0.223 e. The van der Waals surface area contributed by atoms with Gasteiger partial charge in [0.2, 0.25) is 5.91 Å². The molecule has 3 nitrogen and oxygen atoms in total. The molecule has 0 radical (unpaired) electrons. The van der Waals surface area contributed by atoms with Gasteiger partial charge in [-0.2, -0.15) is 0 Å². The second kappa shape index (κ2) is 7.44. The van der Waals surface area contributed by atoms with Crippen molar-refractivity contribution in [3.63, 3.8) is 0 Å². The van der Waals surface area contributed by atoms with E-state index in [0.29, 0.717) is 12.5 Å². The highest BCUT2D eigenvalue weighted by Gasteiger charge is 2.23. The Hall–Kier alpha value is -0.830. The van der Waals surface area contributed by atoms with Crippen LogP contribution in [0.15, 0.2) is 12.7 Å². The zero-order valence-electron chi connectivity index (χ0n) is 10.4. The standard InChI is InChI=1S/C13H24N2O/c1-3-5-8-13(16)15(10-4-2)12-7-6-9-14-11-12/h3,12,14H,1,4-11H2,2H3. The van der Waals surface area contributed by atoms with E-state index in [4.69, 9.17) is 0 Å². The fourth-order valence-electron chi connectivity index (χ4n) is 2.22. The molecule has 1 fully saturated rings. The number of hydrogen-bond acceptors (Lipinski definition) is 2. The molecule has 3 heteroatoms. The molecule has 0 aromatic rings. The Morgan fingerprint density at radius 1 is 1.62 bits per heavy atom. The van der Waals surface area contributed by atoms with E-state index in [-0.39, 0.29) is 5.91 Å². The van der Waals surface area contributed by atoms with Gasteiger partial charge in [-0.15, -0.1) is 6.58 Å². The molecule has 1 aliphatic heterocycles. The Morgan fingerprint density at radius 2 is 2.44 bits per heavy atom. The van der Waals surface area contributed by atoms with Gasteiger partial charge in [-0.25, -0.2) is 0 Å². The van der Waals surface area contributed by atoms with Crippen molar-refractivity contribution in [1.29, 1.82) is 0 Å². The molecule has 1 aliphatic rings. The Kier molecular flexibility index (Phi) is 6.16. The van der Waals surface area contributed by atoms with Gasteiger partial charge in [0.15, 0.2) is 0 Å². The summed E-state index contributed by atoms with van der Waals surface area (Å²) in [6.07, 6.45) is 6.59. The van der Waals surface area contributed by atoms with Crippen molar-refractivity contribution in [3.8, 4) is 0 Å². The van der Waals surface area contributed by atoms with E-state index in [1.165, 1.54) is 6.42 Å². The molecular formula is C13H24N2O. The van der Waals surface area contributed by atoms with Gasteiger partial charge in [0, 0.05) is 25.6 Å². The summed E-state index contributed by atoms with van der Waals surface area (Å²) in [5, 5.41) is 3.37. The Morgan fingerprint density at radius 3 is 3.00 bits per heavy atom. The summed E-state index contributed by atoms with van der Waals surface area (Å²) in [5.41, 5.74) is 0. The van der Waals surface area contributed by atoms with Crippen molar-refractivity contribution in [3.05, 3.63) is 12.7 Å². The first-order valence-electron chi connectivity index (χ1n) is 6.40. The lowest BCUT2D eigenvalue weighted by Gasteiger charge is -2.34. The highest BCUT2D eigenvalue weighted by Crippen LogP contribution is 2.13. The molecular weight excluding hydrogens is 200 g/mol. The average Bonchev–Trinajstić information content (AvgIpc) is 2.34. The minimum atomic E-state index is 0.287. The number of carbonyl (C=O) groups is 1. The first kappa shape index (κ1) is 13.2. The fourth-order valence-corrected chi connectivity index (χ4v) is 2.22. The third-order valence-corrected chi connectivity index (χ3v) is 3.06. The van der Waals surface area contributed by atoms with E-state index in [1.807, 2.05) is 6.08 Å². The van der Waals surface area contributed by atoms with Crippen LogP contribution in [0.5, 0.6) is 0 Å². The number of piperidine rings is 1. The fraction of sp³-hybridized carbons (Fsp3) is 0.769. The predicted octanol–water partition coefficient (Wildman–Crippen LogP) is 1.94. The summed E-state index contributed by atoms with van der Waals surface area (Å²) in [4.78, 5) is 14.1. The summed E-state index contributed by atoms with van der Waals surface area (Å²) < 4.78 is 0. The Bertz CT molecular complexity index is 222. The number of rotatable bonds is 6. The summed E-state index contributed by atoms with van der Waals surface area (Å²) >= 11 is 0. The maximum atomic E-state index is 12.0. The number of nitrogens with one attached hydrogen (secondary N) is 1. The van der Waals surface area contributed by atoms with Gasteiger partial charge in [-0.05, 0) is 32.2 Å². The quantitative estimate of drug-likeness (QED) is 0.699. The van der Waals surface area contributed by atoms with Crippen LogP contribution >= 0.6 is 0 Å². The summed E-state index contributed by atoms with van der Waals surface area (Å²) in [6, 6.07) is 0.408. The second-order valence-corrected chi connectivity index (χ2v) is 4.41. The molecule has 1 N–H and O–H groups in total. The molecule has 92 valence electrons. The molecule has 1 saturated heterocycles. The number of hydrogen-bond donors (Lipinski definition) is 1. The number of amides is 1. The van der Waals surface area contributed by atoms with Crippen LogP contribution in [0, 0.1) is 0 Å². The van der Waals surface area contributed by atoms with Crippen LogP contribution in [0.2, 0.25) is 0 Å². The molecule has 1 rings (SSSR count). The van der Waals surface area contributed by atoms with Gasteiger partial charge < -0.3 is 10.2 Å². The molecule has 16 heavy (non-hydrogen) atoms. The van der Waals surface area contributed by atoms with E-state index in [2.05, 4.69) is 23.7 Å². The third-order valence-electron chi connectivity index (χ3n) is 3.06. The van der Waals surface area contributed by atoms with Gasteiger partial charge >= 0.3 is 0 Å². The van der Waals surface area contributed by atoms with Crippen LogP contribution in [0.25, 0.3) is 0 Å². The van der Waals surface area contributed by atoms with Crippen molar-refractivity contribution in [2.45, 2.75) is 45.1 Å². The van der Waals surface area contributed by atoms with Gasteiger partial charge in [0.05, 0.1) is 0 Å². The van der Waals surface area contributed by atoms with Crippen LogP contribution in [0.3, 0.4) is 0 Å². The molecule has 0 aromatic heterocycles. The lowest BCUT2D eigenvalue weighted by Crippen LogP contribution is -2.48. The van der Waals surface area contributed by atoms with E-state index < -0.39 is 0 Å². The Labute approximate surface area is 98.9 Å². The van der Waals surface area contributed by atoms with E-state index >= 15 is 0 Å². The maximum Gasteiger partial charge on any atom is 0.223 e. The molecule has 1 amide bonds. The molecule has 1 unspecified atom stereocenters. The van der Waals surface area contributed by atoms with Gasteiger partial charge in [0.1, 0.15) is 0 Å². The van der Waals surface area contributed by atoms with E-state index in [0.717, 1.165) is 38.9 Å². The second-order valence-electron chi connectivity index (χ2n) is 4.41. The van der Waals surface area contributed by atoms with Crippen LogP contribution in [-0.4, -0.2) is 36.5 Å². The number of allylic oxidation sites excluding steroid dienone is 1. The van der Waals surface area contributed by atoms with Crippen molar-refractivity contribution < 1.29 is 4.79 Å². The van der Waals surface area contributed by atoms with Crippen LogP contribution in [-0.2, 0) is 4.79 Å². The minimum absolute atomic E-state index is 0.287. The number of nitrogens with zero attached hydrogens (tertiary/aromatic N) is 1. The van der Waals surface area contributed by atoms with Crippen molar-refractivity contribution in [2.24, 2.45) is 0 Å². The monoisotopic (exact) mass is 224 g/mol. The molecule has 0 aliphatic carbocycles. The highest BCUT2D eigenvalue weighted by atomic mass is 16.2. The topological polar surface area (TPSA) is 32.3 Å². The largest absolute Gasteiger partial charge is 0.338 e. The minimum Gasteiger partial charge on any atom is -0.338 e. The Balaban J connectivity index is 2.50. The molecule has 0 saturated carbocycles.